The van der Waals surface area contributed by atoms with Gasteiger partial charge in [0, 0.05) is 30.1 Å². The molecule has 1 aromatic heterocycles. The number of fused-ring (bicyclic) bond motifs is 1. The van der Waals surface area contributed by atoms with Crippen LogP contribution in [0.5, 0.6) is 11.5 Å². The summed E-state index contributed by atoms with van der Waals surface area (Å²) in [6.45, 7) is 0.842. The van der Waals surface area contributed by atoms with Gasteiger partial charge in [-0.25, -0.2) is 0 Å². The summed E-state index contributed by atoms with van der Waals surface area (Å²) in [6.07, 6.45) is 1.58. The lowest BCUT2D eigenvalue weighted by atomic mass is 10.0. The first-order valence-corrected chi connectivity index (χ1v) is 10.4. The Hall–Kier alpha value is -4.73. The van der Waals surface area contributed by atoms with Gasteiger partial charge in [-0.1, -0.05) is 6.07 Å². The van der Waals surface area contributed by atoms with Crippen molar-refractivity contribution < 1.29 is 24.0 Å². The van der Waals surface area contributed by atoms with Gasteiger partial charge in [0.2, 0.25) is 0 Å². The van der Waals surface area contributed by atoms with Crippen molar-refractivity contribution in [1.82, 2.24) is 9.88 Å². The first-order valence-electron chi connectivity index (χ1n) is 10.4. The molecule has 10 nitrogen and oxygen atoms in total. The lowest BCUT2D eigenvalue weighted by Gasteiger charge is -2.19. The van der Waals surface area contributed by atoms with E-state index in [1.54, 1.807) is 42.6 Å². The van der Waals surface area contributed by atoms with Gasteiger partial charge in [-0.05, 0) is 42.0 Å². The molecule has 0 saturated carbocycles. The van der Waals surface area contributed by atoms with Crippen LogP contribution in [0.4, 0.5) is 11.4 Å². The molecule has 1 N–H and O–H groups in total. The molecule has 3 aromatic rings. The SMILES string of the molecule is O=C1C(Nc2ccc3c(c2)OCCO3)=C(c2ccc([N+](=O)[O-])cc2)C(=O)N1Cc1ccccn1. The van der Waals surface area contributed by atoms with Crippen LogP contribution < -0.4 is 14.8 Å². The molecule has 0 saturated heterocycles. The van der Waals surface area contributed by atoms with E-state index in [0.717, 1.165) is 4.90 Å². The first kappa shape index (κ1) is 21.1. The van der Waals surface area contributed by atoms with E-state index in [0.29, 0.717) is 41.7 Å². The van der Waals surface area contributed by atoms with Crippen LogP contribution in [0.3, 0.4) is 0 Å². The van der Waals surface area contributed by atoms with Crippen LogP contribution in [0.1, 0.15) is 11.3 Å². The topological polar surface area (TPSA) is 124 Å². The third-order valence-corrected chi connectivity index (χ3v) is 5.39. The molecule has 0 bridgehead atoms. The number of ether oxygens (including phenoxy) is 2. The number of nitro benzene ring substituents is 1. The number of carbonyl (C=O) groups excluding carboxylic acids is 2. The third kappa shape index (κ3) is 3.92. The maximum Gasteiger partial charge on any atom is 0.278 e. The van der Waals surface area contributed by atoms with Crippen LogP contribution in [-0.2, 0) is 16.1 Å². The average Bonchev–Trinajstić information content (AvgIpc) is 3.09. The Balaban J connectivity index is 1.53. The summed E-state index contributed by atoms with van der Waals surface area (Å²) in [5, 5.41) is 14.1. The molecule has 34 heavy (non-hydrogen) atoms. The highest BCUT2D eigenvalue weighted by molar-refractivity contribution is 6.36. The predicted octanol–water partition coefficient (Wildman–Crippen LogP) is 3.15. The smallest absolute Gasteiger partial charge is 0.278 e. The molecule has 2 aliphatic rings. The average molecular weight is 458 g/mol. The number of carbonyl (C=O) groups is 2. The second-order valence-corrected chi connectivity index (χ2v) is 7.55. The molecule has 0 atom stereocenters. The van der Waals surface area contributed by atoms with Crippen LogP contribution >= 0.6 is 0 Å². The number of aromatic nitrogens is 1. The summed E-state index contributed by atoms with van der Waals surface area (Å²) in [4.78, 5) is 42.6. The molecule has 10 heteroatoms. The first-order chi connectivity index (χ1) is 16.5. The summed E-state index contributed by atoms with van der Waals surface area (Å²) in [5.41, 5.74) is 1.52. The number of hydrogen-bond acceptors (Lipinski definition) is 8. The molecular formula is C24H18N4O6. The second-order valence-electron chi connectivity index (χ2n) is 7.55. The van der Waals surface area contributed by atoms with Gasteiger partial charge < -0.3 is 14.8 Å². The van der Waals surface area contributed by atoms with Gasteiger partial charge >= 0.3 is 0 Å². The highest BCUT2D eigenvalue weighted by Crippen LogP contribution is 2.36. The summed E-state index contributed by atoms with van der Waals surface area (Å²) in [6, 6.07) is 15.9. The summed E-state index contributed by atoms with van der Waals surface area (Å²) < 4.78 is 11.1. The molecule has 2 aromatic carbocycles. The number of rotatable bonds is 6. The number of pyridine rings is 1. The molecule has 0 spiro atoms. The zero-order valence-corrected chi connectivity index (χ0v) is 17.8. The van der Waals surface area contributed by atoms with Crippen molar-refractivity contribution in [2.24, 2.45) is 0 Å². The number of nitro groups is 1. The molecule has 2 amide bonds. The molecular weight excluding hydrogens is 440 g/mol. The van der Waals surface area contributed by atoms with Gasteiger partial charge in [-0.15, -0.1) is 0 Å². The Labute approximate surface area is 193 Å². The van der Waals surface area contributed by atoms with Gasteiger partial charge in [0.05, 0.1) is 22.7 Å². The summed E-state index contributed by atoms with van der Waals surface area (Å²) in [5.74, 6) is 0.0614. The summed E-state index contributed by atoms with van der Waals surface area (Å²) in [7, 11) is 0. The Kier molecular flexibility index (Phi) is 5.38. The van der Waals surface area contributed by atoms with E-state index in [-0.39, 0.29) is 23.5 Å². The third-order valence-electron chi connectivity index (χ3n) is 5.39. The Morgan fingerprint density at radius 3 is 2.44 bits per heavy atom. The molecule has 3 heterocycles. The van der Waals surface area contributed by atoms with Gasteiger partial charge in [0.1, 0.15) is 18.9 Å². The maximum atomic E-state index is 13.4. The number of amides is 2. The van der Waals surface area contributed by atoms with Gasteiger partial charge in [-0.2, -0.15) is 0 Å². The van der Waals surface area contributed by atoms with Crippen LogP contribution in [0.2, 0.25) is 0 Å². The predicted molar refractivity (Wildman–Crippen MR) is 121 cm³/mol. The van der Waals surface area contributed by atoms with Crippen molar-refractivity contribution in [3.05, 3.63) is 93.9 Å². The van der Waals surface area contributed by atoms with Crippen molar-refractivity contribution >= 4 is 28.8 Å². The fourth-order valence-electron chi connectivity index (χ4n) is 3.77. The van der Waals surface area contributed by atoms with Crippen LogP contribution in [0.15, 0.2) is 72.6 Å². The van der Waals surface area contributed by atoms with Crippen LogP contribution in [0.25, 0.3) is 5.57 Å². The van der Waals surface area contributed by atoms with E-state index in [2.05, 4.69) is 10.3 Å². The van der Waals surface area contributed by atoms with Crippen molar-refractivity contribution in [3.63, 3.8) is 0 Å². The molecule has 0 unspecified atom stereocenters. The van der Waals surface area contributed by atoms with Crippen LogP contribution in [-0.4, -0.2) is 39.8 Å². The van der Waals surface area contributed by atoms with Gasteiger partial charge in [0.25, 0.3) is 17.5 Å². The van der Waals surface area contributed by atoms with E-state index in [9.17, 15) is 19.7 Å². The number of anilines is 1. The molecule has 0 aliphatic carbocycles. The minimum atomic E-state index is -0.529. The lowest BCUT2D eigenvalue weighted by molar-refractivity contribution is -0.384. The lowest BCUT2D eigenvalue weighted by Crippen LogP contribution is -2.32. The van der Waals surface area contributed by atoms with Crippen molar-refractivity contribution in [3.8, 4) is 11.5 Å². The summed E-state index contributed by atoms with van der Waals surface area (Å²) >= 11 is 0. The molecule has 5 rings (SSSR count). The number of hydrogen-bond donors (Lipinski definition) is 1. The minimum Gasteiger partial charge on any atom is -0.486 e. The number of benzene rings is 2. The van der Waals surface area contributed by atoms with Crippen molar-refractivity contribution in [2.75, 3.05) is 18.5 Å². The molecule has 0 fully saturated rings. The van der Waals surface area contributed by atoms with E-state index >= 15 is 0 Å². The zero-order valence-electron chi connectivity index (χ0n) is 17.8. The highest BCUT2D eigenvalue weighted by Gasteiger charge is 2.39. The van der Waals surface area contributed by atoms with Crippen LogP contribution in [0, 0.1) is 10.1 Å². The van der Waals surface area contributed by atoms with E-state index in [4.69, 9.17) is 9.47 Å². The largest absolute Gasteiger partial charge is 0.486 e. The second kappa shape index (κ2) is 8.66. The Morgan fingerprint density at radius 1 is 0.971 bits per heavy atom. The number of non-ortho nitro benzene ring substituents is 1. The molecule has 2 aliphatic heterocycles. The van der Waals surface area contributed by atoms with E-state index in [1.165, 1.54) is 24.3 Å². The zero-order chi connectivity index (χ0) is 23.7. The maximum absolute atomic E-state index is 13.4. The number of nitrogens with zero attached hydrogens (tertiary/aromatic N) is 3. The fraction of sp³-hybridized carbons (Fsp3) is 0.125. The quantitative estimate of drug-likeness (QED) is 0.339. The van der Waals surface area contributed by atoms with Gasteiger partial charge in [0.15, 0.2) is 11.5 Å². The Morgan fingerprint density at radius 2 is 1.74 bits per heavy atom. The fourth-order valence-corrected chi connectivity index (χ4v) is 3.77. The Bertz CT molecular complexity index is 1320. The van der Waals surface area contributed by atoms with E-state index < -0.39 is 16.7 Å². The molecule has 0 radical (unpaired) electrons. The minimum absolute atomic E-state index is 0.0126. The number of imide groups is 1. The van der Waals surface area contributed by atoms with Crippen molar-refractivity contribution in [2.45, 2.75) is 6.54 Å². The highest BCUT2D eigenvalue weighted by atomic mass is 16.6. The van der Waals surface area contributed by atoms with E-state index in [1.807, 2.05) is 0 Å². The van der Waals surface area contributed by atoms with Crippen molar-refractivity contribution in [1.29, 1.82) is 0 Å². The normalized spacial score (nSPS) is 15.0. The number of nitrogens with one attached hydrogen (secondary N) is 1. The van der Waals surface area contributed by atoms with Gasteiger partial charge in [-0.3, -0.25) is 29.6 Å². The standard InChI is InChI=1S/C24H18N4O6/c29-23-21(15-4-7-18(8-5-15)28(31)32)22(24(30)27(23)14-17-3-1-2-10-25-17)26-16-6-9-19-20(13-16)34-12-11-33-19/h1-10,13,26H,11-12,14H2. The monoisotopic (exact) mass is 458 g/mol. The molecule has 170 valence electrons.